The van der Waals surface area contributed by atoms with Gasteiger partial charge in [0, 0.05) is 38.4 Å². The first-order chi connectivity index (χ1) is 26.7. The van der Waals surface area contributed by atoms with Crippen LogP contribution in [0.5, 0.6) is 0 Å². The lowest BCUT2D eigenvalue weighted by Gasteiger charge is -2.12. The molecule has 10 aromatic rings. The van der Waals surface area contributed by atoms with Gasteiger partial charge in [0.15, 0.2) is 11.6 Å². The predicted octanol–water partition coefficient (Wildman–Crippen LogP) is 12.4. The first kappa shape index (κ1) is 31.9. The highest BCUT2D eigenvalue weighted by atomic mass is 15.2. The summed E-state index contributed by atoms with van der Waals surface area (Å²) in [4.78, 5) is 15.7. The highest BCUT2D eigenvalue weighted by molar-refractivity contribution is 6.19. The number of unbranched alkanes of at least 4 members (excludes halogenated alkanes) is 1. The molecule has 0 fully saturated rings. The first-order valence-corrected chi connectivity index (χ1v) is 18.8. The van der Waals surface area contributed by atoms with Gasteiger partial charge in [0.2, 0.25) is 5.95 Å². The summed E-state index contributed by atoms with van der Waals surface area (Å²) in [6.07, 6.45) is 3.44. The van der Waals surface area contributed by atoms with Gasteiger partial charge in [-0.2, -0.15) is 9.97 Å². The topological polar surface area (TPSA) is 48.5 Å². The van der Waals surface area contributed by atoms with Gasteiger partial charge in [-0.1, -0.05) is 141 Å². The highest BCUT2D eigenvalue weighted by Crippen LogP contribution is 2.39. The highest BCUT2D eigenvalue weighted by Gasteiger charge is 2.21. The fourth-order valence-corrected chi connectivity index (χ4v) is 7.94. The predicted molar refractivity (Wildman–Crippen MR) is 223 cm³/mol. The minimum Gasteiger partial charge on any atom is -0.309 e. The van der Waals surface area contributed by atoms with Crippen molar-refractivity contribution < 1.29 is 0 Å². The number of fused-ring (bicyclic) bond motifs is 6. The number of hydrogen-bond donors (Lipinski definition) is 0. The van der Waals surface area contributed by atoms with Gasteiger partial charge in [0.05, 0.1) is 22.1 Å². The Balaban J connectivity index is 1.23. The Hall–Kier alpha value is -6.85. The summed E-state index contributed by atoms with van der Waals surface area (Å²) >= 11 is 0. The number of nitrogens with zero attached hydrogens (tertiary/aromatic N) is 5. The molecule has 0 saturated carbocycles. The Morgan fingerprint density at radius 3 is 1.69 bits per heavy atom. The van der Waals surface area contributed by atoms with Gasteiger partial charge in [-0.25, -0.2) is 4.98 Å². The lowest BCUT2D eigenvalue weighted by molar-refractivity contribution is 0.795. The van der Waals surface area contributed by atoms with Crippen LogP contribution in [-0.4, -0.2) is 24.1 Å². The maximum Gasteiger partial charge on any atom is 0.238 e. The molecule has 5 nitrogen and oxygen atoms in total. The second-order valence-electron chi connectivity index (χ2n) is 14.0. The Morgan fingerprint density at radius 2 is 0.963 bits per heavy atom. The van der Waals surface area contributed by atoms with E-state index in [1.54, 1.807) is 0 Å². The zero-order chi connectivity index (χ0) is 36.0. The van der Waals surface area contributed by atoms with Crippen LogP contribution >= 0.6 is 0 Å². The summed E-state index contributed by atoms with van der Waals surface area (Å²) in [5.41, 5.74) is 11.1. The van der Waals surface area contributed by atoms with Crippen LogP contribution in [0.3, 0.4) is 0 Å². The Bertz CT molecular complexity index is 2980. The van der Waals surface area contributed by atoms with E-state index >= 15 is 0 Å². The zero-order valence-electron chi connectivity index (χ0n) is 30.0. The van der Waals surface area contributed by atoms with Crippen LogP contribution in [0.25, 0.3) is 89.2 Å². The standard InChI is InChI=1S/C49H37N5/c1-2-3-16-33-17-14-20-35(29-33)36-21-15-22-37(30-36)48-50-47(34-18-6-4-7-19-34)51-49(52-48)54-44-28-13-11-26-40(44)42-31-41-39-25-10-12-27-43(39)53(45(41)32-46(42)54)38-23-8-5-9-24-38/h4-15,17-32H,2-3,16H2,1H3. The molecule has 3 heterocycles. The summed E-state index contributed by atoms with van der Waals surface area (Å²) in [6.45, 7) is 2.24. The molecular weight excluding hydrogens is 659 g/mol. The summed E-state index contributed by atoms with van der Waals surface area (Å²) in [7, 11) is 0. The van der Waals surface area contributed by atoms with E-state index in [0.717, 1.165) is 56.1 Å². The van der Waals surface area contributed by atoms with E-state index in [2.05, 4.69) is 168 Å². The molecule has 0 atom stereocenters. The fourth-order valence-electron chi connectivity index (χ4n) is 7.94. The minimum absolute atomic E-state index is 0.582. The molecule has 0 aliphatic carbocycles. The molecule has 54 heavy (non-hydrogen) atoms. The van der Waals surface area contributed by atoms with Crippen molar-refractivity contribution in [1.29, 1.82) is 0 Å². The van der Waals surface area contributed by atoms with Crippen LogP contribution in [0.15, 0.2) is 170 Å². The van der Waals surface area contributed by atoms with Crippen LogP contribution in [-0.2, 0) is 6.42 Å². The minimum atomic E-state index is 0.582. The number of aromatic nitrogens is 5. The van der Waals surface area contributed by atoms with E-state index < -0.39 is 0 Å². The average molecular weight is 696 g/mol. The van der Waals surface area contributed by atoms with Gasteiger partial charge in [-0.15, -0.1) is 0 Å². The molecule has 3 aromatic heterocycles. The second-order valence-corrected chi connectivity index (χ2v) is 14.0. The van der Waals surface area contributed by atoms with Gasteiger partial charge < -0.3 is 4.57 Å². The van der Waals surface area contributed by atoms with Crippen molar-refractivity contribution in [2.75, 3.05) is 0 Å². The van der Waals surface area contributed by atoms with Gasteiger partial charge in [0.1, 0.15) is 0 Å². The Morgan fingerprint density at radius 1 is 0.407 bits per heavy atom. The third kappa shape index (κ3) is 5.44. The van der Waals surface area contributed by atoms with E-state index in [1.165, 1.54) is 40.3 Å². The monoisotopic (exact) mass is 695 g/mol. The largest absolute Gasteiger partial charge is 0.309 e. The molecule has 0 N–H and O–H groups in total. The van der Waals surface area contributed by atoms with Crippen molar-refractivity contribution in [2.24, 2.45) is 0 Å². The van der Waals surface area contributed by atoms with Gasteiger partial charge >= 0.3 is 0 Å². The average Bonchev–Trinajstić information content (AvgIpc) is 3.74. The van der Waals surface area contributed by atoms with Crippen molar-refractivity contribution >= 4 is 43.6 Å². The molecule has 0 unspecified atom stereocenters. The summed E-state index contributed by atoms with van der Waals surface area (Å²) in [6, 6.07) is 60.2. The molecule has 7 aromatic carbocycles. The maximum absolute atomic E-state index is 5.30. The molecule has 0 saturated heterocycles. The molecule has 10 rings (SSSR count). The molecule has 5 heteroatoms. The quantitative estimate of drug-likeness (QED) is 0.159. The summed E-state index contributed by atoms with van der Waals surface area (Å²) in [5, 5.41) is 4.74. The molecule has 0 bridgehead atoms. The lowest BCUT2D eigenvalue weighted by Crippen LogP contribution is -2.06. The number of benzene rings is 7. The van der Waals surface area contributed by atoms with Gasteiger partial charge in [-0.3, -0.25) is 4.57 Å². The maximum atomic E-state index is 5.30. The fraction of sp³-hybridized carbons (Fsp3) is 0.0816. The molecule has 0 spiro atoms. The smallest absolute Gasteiger partial charge is 0.238 e. The van der Waals surface area contributed by atoms with Crippen molar-refractivity contribution in [1.82, 2.24) is 24.1 Å². The van der Waals surface area contributed by atoms with E-state index in [9.17, 15) is 0 Å². The number of aryl methyl sites for hydroxylation is 1. The van der Waals surface area contributed by atoms with Crippen LogP contribution in [0.2, 0.25) is 0 Å². The van der Waals surface area contributed by atoms with Crippen molar-refractivity contribution in [3.8, 4) is 45.5 Å². The number of para-hydroxylation sites is 3. The zero-order valence-corrected chi connectivity index (χ0v) is 30.0. The summed E-state index contributed by atoms with van der Waals surface area (Å²) < 4.78 is 4.58. The molecule has 258 valence electrons. The van der Waals surface area contributed by atoms with Crippen molar-refractivity contribution in [3.05, 3.63) is 175 Å². The van der Waals surface area contributed by atoms with E-state index in [4.69, 9.17) is 15.0 Å². The Kier molecular flexibility index (Phi) is 7.84. The van der Waals surface area contributed by atoms with Crippen LogP contribution < -0.4 is 0 Å². The SMILES string of the molecule is CCCCc1cccc(-c2cccc(-c3nc(-c4ccccc4)nc(-n4c5ccccc5c5cc6c7ccccc7n(-c7ccccc7)c6cc54)n3)c2)c1. The lowest BCUT2D eigenvalue weighted by atomic mass is 9.99. The van der Waals surface area contributed by atoms with Gasteiger partial charge in [0.25, 0.3) is 0 Å². The second kappa shape index (κ2) is 13.3. The third-order valence-corrected chi connectivity index (χ3v) is 10.5. The third-order valence-electron chi connectivity index (χ3n) is 10.5. The van der Waals surface area contributed by atoms with Crippen LogP contribution in [0.1, 0.15) is 25.3 Å². The van der Waals surface area contributed by atoms with E-state index in [1.807, 2.05) is 18.2 Å². The van der Waals surface area contributed by atoms with Crippen LogP contribution in [0.4, 0.5) is 0 Å². The van der Waals surface area contributed by atoms with Crippen molar-refractivity contribution in [3.63, 3.8) is 0 Å². The normalized spacial score (nSPS) is 11.6. The molecule has 0 aliphatic rings. The molecule has 0 radical (unpaired) electrons. The Labute approximate surface area is 313 Å². The van der Waals surface area contributed by atoms with Gasteiger partial charge in [-0.05, 0) is 72.0 Å². The number of rotatable bonds is 8. The van der Waals surface area contributed by atoms with Crippen LogP contribution in [0, 0.1) is 0 Å². The van der Waals surface area contributed by atoms with E-state index in [0.29, 0.717) is 17.6 Å². The molecule has 0 amide bonds. The number of hydrogen-bond acceptors (Lipinski definition) is 3. The first-order valence-electron chi connectivity index (χ1n) is 18.8. The molecular formula is C49H37N5. The molecule has 0 aliphatic heterocycles. The van der Waals surface area contributed by atoms with Crippen molar-refractivity contribution in [2.45, 2.75) is 26.2 Å². The summed E-state index contributed by atoms with van der Waals surface area (Å²) in [5.74, 6) is 1.85. The van der Waals surface area contributed by atoms with E-state index in [-0.39, 0.29) is 0 Å².